The Kier molecular flexibility index (Phi) is 3.88. The van der Waals surface area contributed by atoms with Gasteiger partial charge in [0.2, 0.25) is 0 Å². The van der Waals surface area contributed by atoms with Crippen LogP contribution in [0.1, 0.15) is 49.4 Å². The minimum Gasteiger partial charge on any atom is -0.312 e. The molecule has 1 aromatic heterocycles. The number of fused-ring (bicyclic) bond motifs is 1. The van der Waals surface area contributed by atoms with Gasteiger partial charge in [0.05, 0.1) is 6.33 Å². The molecule has 2 aromatic rings. The molecule has 3 nitrogen and oxygen atoms in total. The average molecular weight is 269 g/mol. The molecule has 0 bridgehead atoms. The third-order valence-corrected chi connectivity index (χ3v) is 4.43. The van der Waals surface area contributed by atoms with E-state index >= 15 is 0 Å². The van der Waals surface area contributed by atoms with Crippen molar-refractivity contribution in [2.45, 2.75) is 45.6 Å². The zero-order valence-electron chi connectivity index (χ0n) is 12.4. The molecule has 0 unspecified atom stereocenters. The molecule has 0 fully saturated rings. The lowest BCUT2D eigenvalue weighted by Gasteiger charge is -2.20. The van der Waals surface area contributed by atoms with E-state index in [4.69, 9.17) is 0 Å². The van der Waals surface area contributed by atoms with Crippen molar-refractivity contribution in [3.63, 3.8) is 0 Å². The predicted octanol–water partition coefficient (Wildman–Crippen LogP) is 3.42. The van der Waals surface area contributed by atoms with Crippen LogP contribution in [0.3, 0.4) is 0 Å². The molecule has 3 rings (SSSR count). The molecule has 0 spiro atoms. The van der Waals surface area contributed by atoms with Gasteiger partial charge in [-0.25, -0.2) is 4.98 Å². The van der Waals surface area contributed by atoms with Gasteiger partial charge in [0.15, 0.2) is 0 Å². The van der Waals surface area contributed by atoms with Gasteiger partial charge in [-0.3, -0.25) is 0 Å². The van der Waals surface area contributed by atoms with Gasteiger partial charge in [-0.1, -0.05) is 19.9 Å². The minimum atomic E-state index is 0.589. The lowest BCUT2D eigenvalue weighted by atomic mass is 9.98. The molecule has 0 aliphatic carbocycles. The summed E-state index contributed by atoms with van der Waals surface area (Å²) in [7, 11) is 0. The summed E-state index contributed by atoms with van der Waals surface area (Å²) >= 11 is 0. The van der Waals surface area contributed by atoms with Crippen molar-refractivity contribution in [1.82, 2.24) is 14.9 Å². The predicted molar refractivity (Wildman–Crippen MR) is 82.3 cm³/mol. The molecule has 20 heavy (non-hydrogen) atoms. The van der Waals surface area contributed by atoms with Crippen LogP contribution in [0.2, 0.25) is 0 Å². The summed E-state index contributed by atoms with van der Waals surface area (Å²) in [4.78, 5) is 4.37. The van der Waals surface area contributed by atoms with Gasteiger partial charge in [-0.2, -0.15) is 0 Å². The molecule has 1 aromatic carbocycles. The summed E-state index contributed by atoms with van der Waals surface area (Å²) in [5, 5.41) is 3.45. The van der Waals surface area contributed by atoms with Gasteiger partial charge >= 0.3 is 0 Å². The van der Waals surface area contributed by atoms with Crippen LogP contribution in [-0.4, -0.2) is 16.1 Å². The smallest absolute Gasteiger partial charge is 0.0994 e. The summed E-state index contributed by atoms with van der Waals surface area (Å²) in [5.41, 5.74) is 5.49. The highest BCUT2D eigenvalue weighted by Crippen LogP contribution is 2.26. The molecule has 2 heterocycles. The second-order valence-corrected chi connectivity index (χ2v) is 5.58. The monoisotopic (exact) mass is 269 g/mol. The first-order chi connectivity index (χ1) is 9.83. The Bertz CT molecular complexity index is 582. The average Bonchev–Trinajstić information content (AvgIpc) is 2.97. The molecular formula is C17H23N3. The van der Waals surface area contributed by atoms with Gasteiger partial charge in [0.1, 0.15) is 0 Å². The number of nitrogens with one attached hydrogen (secondary N) is 1. The molecule has 3 heteroatoms. The Hall–Kier alpha value is -1.61. The van der Waals surface area contributed by atoms with Crippen LogP contribution in [0.4, 0.5) is 0 Å². The Morgan fingerprint density at radius 2 is 2.10 bits per heavy atom. The van der Waals surface area contributed by atoms with Crippen molar-refractivity contribution in [3.8, 4) is 5.69 Å². The number of benzene rings is 1. The quantitative estimate of drug-likeness (QED) is 0.921. The fourth-order valence-electron chi connectivity index (χ4n) is 3.15. The lowest BCUT2D eigenvalue weighted by molar-refractivity contribution is 0.610. The maximum atomic E-state index is 4.37. The Labute approximate surface area is 121 Å². The molecule has 0 amide bonds. The molecule has 106 valence electrons. The van der Waals surface area contributed by atoms with Crippen molar-refractivity contribution in [2.24, 2.45) is 0 Å². The number of hydrogen-bond donors (Lipinski definition) is 1. The van der Waals surface area contributed by atoms with E-state index in [9.17, 15) is 0 Å². The molecule has 0 atom stereocenters. The molecule has 0 radical (unpaired) electrons. The largest absolute Gasteiger partial charge is 0.312 e. The van der Waals surface area contributed by atoms with Crippen molar-refractivity contribution in [3.05, 3.63) is 47.5 Å². The second kappa shape index (κ2) is 5.80. The van der Waals surface area contributed by atoms with E-state index < -0.39 is 0 Å². The van der Waals surface area contributed by atoms with E-state index in [2.05, 4.69) is 46.9 Å². The van der Waals surface area contributed by atoms with Gasteiger partial charge in [0.25, 0.3) is 0 Å². The zero-order chi connectivity index (χ0) is 13.9. The summed E-state index contributed by atoms with van der Waals surface area (Å²) in [6.07, 6.45) is 7.43. The second-order valence-electron chi connectivity index (χ2n) is 5.58. The summed E-state index contributed by atoms with van der Waals surface area (Å²) in [5.74, 6) is 0.589. The molecule has 1 aliphatic rings. The van der Waals surface area contributed by atoms with Crippen LogP contribution < -0.4 is 5.32 Å². The SMILES string of the molecule is CCC(CC)c1cncn1-c1ccc2c(c1)CNCC2. The van der Waals surface area contributed by atoms with Crippen LogP contribution >= 0.6 is 0 Å². The highest BCUT2D eigenvalue weighted by molar-refractivity contribution is 5.43. The highest BCUT2D eigenvalue weighted by atomic mass is 15.1. The van der Waals surface area contributed by atoms with E-state index in [1.807, 2.05) is 12.5 Å². The molecule has 0 saturated carbocycles. The van der Waals surface area contributed by atoms with Crippen LogP contribution in [0.25, 0.3) is 5.69 Å². The number of aromatic nitrogens is 2. The van der Waals surface area contributed by atoms with Gasteiger partial charge < -0.3 is 9.88 Å². The van der Waals surface area contributed by atoms with E-state index in [1.54, 1.807) is 0 Å². The Balaban J connectivity index is 1.99. The van der Waals surface area contributed by atoms with E-state index in [1.165, 1.54) is 22.5 Å². The van der Waals surface area contributed by atoms with Crippen LogP contribution in [-0.2, 0) is 13.0 Å². The summed E-state index contributed by atoms with van der Waals surface area (Å²) < 4.78 is 2.26. The number of nitrogens with zero attached hydrogens (tertiary/aromatic N) is 2. The van der Waals surface area contributed by atoms with E-state index in [0.29, 0.717) is 5.92 Å². The topological polar surface area (TPSA) is 29.9 Å². The highest BCUT2D eigenvalue weighted by Gasteiger charge is 2.15. The third-order valence-electron chi connectivity index (χ3n) is 4.43. The van der Waals surface area contributed by atoms with Crippen molar-refractivity contribution in [1.29, 1.82) is 0 Å². The first kappa shape index (κ1) is 13.4. The lowest BCUT2D eigenvalue weighted by Crippen LogP contribution is -2.23. The maximum absolute atomic E-state index is 4.37. The number of imidazole rings is 1. The standard InChI is InChI=1S/C17H23N3/c1-3-13(4-2)17-11-19-12-20(17)16-6-5-14-7-8-18-10-15(14)9-16/h5-6,9,11-13,18H,3-4,7-8,10H2,1-2H3. The number of rotatable bonds is 4. The number of hydrogen-bond acceptors (Lipinski definition) is 2. The fraction of sp³-hybridized carbons (Fsp3) is 0.471. The summed E-state index contributed by atoms with van der Waals surface area (Å²) in [6.45, 7) is 6.58. The van der Waals surface area contributed by atoms with E-state index in [-0.39, 0.29) is 0 Å². The zero-order valence-corrected chi connectivity index (χ0v) is 12.4. The third kappa shape index (κ3) is 2.38. The van der Waals surface area contributed by atoms with Crippen molar-refractivity contribution >= 4 is 0 Å². The fourth-order valence-corrected chi connectivity index (χ4v) is 3.15. The van der Waals surface area contributed by atoms with Crippen molar-refractivity contribution < 1.29 is 0 Å². The first-order valence-corrected chi connectivity index (χ1v) is 7.68. The van der Waals surface area contributed by atoms with Gasteiger partial charge in [-0.15, -0.1) is 0 Å². The molecule has 0 saturated heterocycles. The van der Waals surface area contributed by atoms with Crippen LogP contribution in [0.15, 0.2) is 30.7 Å². The molecule has 1 aliphatic heterocycles. The van der Waals surface area contributed by atoms with Crippen LogP contribution in [0.5, 0.6) is 0 Å². The van der Waals surface area contributed by atoms with Gasteiger partial charge in [-0.05, 0) is 49.1 Å². The first-order valence-electron chi connectivity index (χ1n) is 7.68. The van der Waals surface area contributed by atoms with Crippen LogP contribution in [0, 0.1) is 0 Å². The normalized spacial score (nSPS) is 14.6. The van der Waals surface area contributed by atoms with E-state index in [0.717, 1.165) is 32.4 Å². The minimum absolute atomic E-state index is 0.589. The molecular weight excluding hydrogens is 246 g/mol. The Morgan fingerprint density at radius 1 is 1.25 bits per heavy atom. The maximum Gasteiger partial charge on any atom is 0.0994 e. The van der Waals surface area contributed by atoms with Crippen molar-refractivity contribution in [2.75, 3.05) is 6.54 Å². The Morgan fingerprint density at radius 3 is 2.90 bits per heavy atom. The molecule has 1 N–H and O–H groups in total. The summed E-state index contributed by atoms with van der Waals surface area (Å²) in [6, 6.07) is 6.83. The van der Waals surface area contributed by atoms with Gasteiger partial charge in [0, 0.05) is 30.0 Å².